The van der Waals surface area contributed by atoms with E-state index in [9.17, 15) is 0 Å². The Labute approximate surface area is 108 Å². The highest BCUT2D eigenvalue weighted by Crippen LogP contribution is 2.12. The predicted molar refractivity (Wildman–Crippen MR) is 75.1 cm³/mol. The molecule has 94 valence electrons. The van der Waals surface area contributed by atoms with Crippen molar-refractivity contribution in [2.75, 3.05) is 5.73 Å². The monoisotopic (exact) mass is 241 g/mol. The van der Waals surface area contributed by atoms with Gasteiger partial charge in [0, 0.05) is 12.2 Å². The van der Waals surface area contributed by atoms with Crippen LogP contribution in [0, 0.1) is 0 Å². The van der Waals surface area contributed by atoms with E-state index in [4.69, 9.17) is 11.5 Å². The number of nitrogen functional groups attached to an aromatic ring is 1. The van der Waals surface area contributed by atoms with Crippen LogP contribution in [0.25, 0.3) is 0 Å². The van der Waals surface area contributed by atoms with Crippen LogP contribution in [0.2, 0.25) is 0 Å². The molecule has 0 saturated heterocycles. The SMILES string of the molecule is Nc1ncccc1CC(N)CCc1ccccc1. The average molecular weight is 241 g/mol. The molecule has 0 amide bonds. The molecule has 3 heteroatoms. The molecule has 1 aromatic carbocycles. The fraction of sp³-hybridized carbons (Fsp3) is 0.267. The molecule has 0 bridgehead atoms. The van der Waals surface area contributed by atoms with Crippen LogP contribution >= 0.6 is 0 Å². The number of anilines is 1. The maximum Gasteiger partial charge on any atom is 0.126 e. The molecule has 0 fully saturated rings. The van der Waals surface area contributed by atoms with E-state index in [1.54, 1.807) is 6.20 Å². The summed E-state index contributed by atoms with van der Waals surface area (Å²) < 4.78 is 0. The zero-order valence-electron chi connectivity index (χ0n) is 10.4. The summed E-state index contributed by atoms with van der Waals surface area (Å²) in [6.45, 7) is 0. The zero-order valence-corrected chi connectivity index (χ0v) is 10.4. The third-order valence-corrected chi connectivity index (χ3v) is 3.05. The standard InChI is InChI=1S/C15H19N3/c16-14(9-8-12-5-2-1-3-6-12)11-13-7-4-10-18-15(13)17/h1-7,10,14H,8-9,11,16H2,(H2,17,18). The molecule has 0 saturated carbocycles. The molecular formula is C15H19N3. The first-order chi connectivity index (χ1) is 8.75. The van der Waals surface area contributed by atoms with Crippen LogP contribution in [0.3, 0.4) is 0 Å². The van der Waals surface area contributed by atoms with Crippen molar-refractivity contribution in [1.29, 1.82) is 0 Å². The van der Waals surface area contributed by atoms with Gasteiger partial charge in [-0.3, -0.25) is 0 Å². The summed E-state index contributed by atoms with van der Waals surface area (Å²) in [6, 6.07) is 14.4. The Morgan fingerprint density at radius 3 is 2.56 bits per heavy atom. The van der Waals surface area contributed by atoms with E-state index in [1.165, 1.54) is 5.56 Å². The van der Waals surface area contributed by atoms with Crippen LogP contribution in [0.15, 0.2) is 48.7 Å². The number of aryl methyl sites for hydroxylation is 1. The van der Waals surface area contributed by atoms with Crippen molar-refractivity contribution in [3.05, 3.63) is 59.8 Å². The lowest BCUT2D eigenvalue weighted by atomic mass is 10.0. The highest BCUT2D eigenvalue weighted by molar-refractivity contribution is 5.38. The molecule has 1 heterocycles. The number of aromatic nitrogens is 1. The molecule has 4 N–H and O–H groups in total. The van der Waals surface area contributed by atoms with Crippen molar-refractivity contribution in [3.8, 4) is 0 Å². The lowest BCUT2D eigenvalue weighted by Crippen LogP contribution is -2.24. The van der Waals surface area contributed by atoms with Gasteiger partial charge < -0.3 is 11.5 Å². The van der Waals surface area contributed by atoms with Gasteiger partial charge in [0.2, 0.25) is 0 Å². The first kappa shape index (κ1) is 12.6. The van der Waals surface area contributed by atoms with Gasteiger partial charge in [-0.2, -0.15) is 0 Å². The molecule has 0 aliphatic rings. The van der Waals surface area contributed by atoms with Gasteiger partial charge in [0.25, 0.3) is 0 Å². The lowest BCUT2D eigenvalue weighted by molar-refractivity contribution is 0.610. The topological polar surface area (TPSA) is 64.9 Å². The summed E-state index contributed by atoms with van der Waals surface area (Å²) in [7, 11) is 0. The minimum Gasteiger partial charge on any atom is -0.383 e. The Bertz CT molecular complexity index is 482. The maximum atomic E-state index is 6.14. The number of rotatable bonds is 5. The highest BCUT2D eigenvalue weighted by Gasteiger charge is 2.07. The van der Waals surface area contributed by atoms with Crippen LogP contribution in [0.4, 0.5) is 5.82 Å². The molecule has 1 aromatic heterocycles. The van der Waals surface area contributed by atoms with Gasteiger partial charge in [0.05, 0.1) is 0 Å². The van der Waals surface area contributed by atoms with E-state index >= 15 is 0 Å². The first-order valence-corrected chi connectivity index (χ1v) is 6.24. The predicted octanol–water partition coefficient (Wildman–Crippen LogP) is 2.17. The number of nitrogens with two attached hydrogens (primary N) is 2. The summed E-state index contributed by atoms with van der Waals surface area (Å²) in [4.78, 5) is 4.07. The van der Waals surface area contributed by atoms with Gasteiger partial charge in [-0.05, 0) is 36.5 Å². The van der Waals surface area contributed by atoms with Gasteiger partial charge in [-0.25, -0.2) is 4.98 Å². The minimum absolute atomic E-state index is 0.122. The Morgan fingerprint density at radius 2 is 1.83 bits per heavy atom. The molecule has 18 heavy (non-hydrogen) atoms. The van der Waals surface area contributed by atoms with Crippen LogP contribution in [-0.2, 0) is 12.8 Å². The van der Waals surface area contributed by atoms with Gasteiger partial charge in [-0.15, -0.1) is 0 Å². The Morgan fingerprint density at radius 1 is 1.06 bits per heavy atom. The molecule has 1 unspecified atom stereocenters. The molecule has 0 spiro atoms. The average Bonchev–Trinajstić information content (AvgIpc) is 2.40. The molecule has 0 aliphatic carbocycles. The van der Waals surface area contributed by atoms with E-state index in [2.05, 4.69) is 29.2 Å². The van der Waals surface area contributed by atoms with E-state index in [-0.39, 0.29) is 6.04 Å². The van der Waals surface area contributed by atoms with Crippen molar-refractivity contribution in [2.24, 2.45) is 5.73 Å². The van der Waals surface area contributed by atoms with Crippen LogP contribution < -0.4 is 11.5 Å². The second-order valence-electron chi connectivity index (χ2n) is 4.54. The second-order valence-corrected chi connectivity index (χ2v) is 4.54. The molecule has 2 rings (SSSR count). The Hall–Kier alpha value is -1.87. The summed E-state index contributed by atoms with van der Waals surface area (Å²) in [5, 5.41) is 0. The summed E-state index contributed by atoms with van der Waals surface area (Å²) in [6.07, 6.45) is 4.45. The van der Waals surface area contributed by atoms with Gasteiger partial charge in [0.15, 0.2) is 0 Å². The van der Waals surface area contributed by atoms with Gasteiger partial charge in [0.1, 0.15) is 5.82 Å². The minimum atomic E-state index is 0.122. The second kappa shape index (κ2) is 6.17. The smallest absolute Gasteiger partial charge is 0.126 e. The quantitative estimate of drug-likeness (QED) is 0.843. The number of nitrogens with zero attached hydrogens (tertiary/aromatic N) is 1. The zero-order chi connectivity index (χ0) is 12.8. The summed E-state index contributed by atoms with van der Waals surface area (Å²) in [5.41, 5.74) is 14.3. The van der Waals surface area contributed by atoms with Crippen molar-refractivity contribution in [2.45, 2.75) is 25.3 Å². The van der Waals surface area contributed by atoms with Gasteiger partial charge in [-0.1, -0.05) is 36.4 Å². The third-order valence-electron chi connectivity index (χ3n) is 3.05. The molecular weight excluding hydrogens is 222 g/mol. The number of benzene rings is 1. The Balaban J connectivity index is 1.86. The normalized spacial score (nSPS) is 12.3. The molecule has 0 aliphatic heterocycles. The molecule has 2 aromatic rings. The first-order valence-electron chi connectivity index (χ1n) is 6.24. The van der Waals surface area contributed by atoms with Crippen LogP contribution in [0.1, 0.15) is 17.5 Å². The summed E-state index contributed by atoms with van der Waals surface area (Å²) >= 11 is 0. The highest BCUT2D eigenvalue weighted by atomic mass is 14.8. The van der Waals surface area contributed by atoms with E-state index in [0.29, 0.717) is 5.82 Å². The fourth-order valence-corrected chi connectivity index (χ4v) is 2.00. The Kier molecular flexibility index (Phi) is 4.31. The van der Waals surface area contributed by atoms with Gasteiger partial charge >= 0.3 is 0 Å². The van der Waals surface area contributed by atoms with Crippen molar-refractivity contribution < 1.29 is 0 Å². The number of pyridine rings is 1. The van der Waals surface area contributed by atoms with E-state index < -0.39 is 0 Å². The van der Waals surface area contributed by atoms with Crippen molar-refractivity contribution in [3.63, 3.8) is 0 Å². The number of hydrogen-bond donors (Lipinski definition) is 2. The summed E-state index contributed by atoms with van der Waals surface area (Å²) in [5.74, 6) is 0.590. The fourth-order valence-electron chi connectivity index (χ4n) is 2.00. The molecule has 3 nitrogen and oxygen atoms in total. The van der Waals surface area contributed by atoms with Crippen molar-refractivity contribution >= 4 is 5.82 Å². The van der Waals surface area contributed by atoms with Crippen LogP contribution in [-0.4, -0.2) is 11.0 Å². The van der Waals surface area contributed by atoms with E-state index in [1.807, 2.05) is 18.2 Å². The van der Waals surface area contributed by atoms with Crippen molar-refractivity contribution in [1.82, 2.24) is 4.98 Å². The molecule has 1 atom stereocenters. The lowest BCUT2D eigenvalue weighted by Gasteiger charge is -2.12. The maximum absolute atomic E-state index is 6.14. The third kappa shape index (κ3) is 3.57. The van der Waals surface area contributed by atoms with Crippen LogP contribution in [0.5, 0.6) is 0 Å². The number of hydrogen-bond acceptors (Lipinski definition) is 3. The largest absolute Gasteiger partial charge is 0.383 e. The molecule has 0 radical (unpaired) electrons. The van der Waals surface area contributed by atoms with E-state index in [0.717, 1.165) is 24.8 Å².